The van der Waals surface area contributed by atoms with E-state index in [-0.39, 0.29) is 0 Å². The SMILES string of the molecule is Cc1nc(C(C)C)ccc1-c1cccc(N(C)S(C)(=O)=O)c1. The van der Waals surface area contributed by atoms with Gasteiger partial charge in [-0.3, -0.25) is 9.29 Å². The third-order valence-electron chi connectivity index (χ3n) is 3.72. The van der Waals surface area contributed by atoms with Gasteiger partial charge in [0, 0.05) is 24.0 Å². The van der Waals surface area contributed by atoms with Crippen molar-refractivity contribution >= 4 is 15.7 Å². The first-order valence-corrected chi connectivity index (χ1v) is 9.07. The van der Waals surface area contributed by atoms with E-state index >= 15 is 0 Å². The lowest BCUT2D eigenvalue weighted by Gasteiger charge is -2.18. The molecule has 0 amide bonds. The summed E-state index contributed by atoms with van der Waals surface area (Å²) >= 11 is 0. The van der Waals surface area contributed by atoms with Crippen LogP contribution in [0.25, 0.3) is 11.1 Å². The lowest BCUT2D eigenvalue weighted by atomic mass is 10.0. The number of benzene rings is 1. The second-order valence-electron chi connectivity index (χ2n) is 5.80. The van der Waals surface area contributed by atoms with Crippen LogP contribution in [0.1, 0.15) is 31.2 Å². The highest BCUT2D eigenvalue weighted by atomic mass is 32.2. The van der Waals surface area contributed by atoms with Crippen molar-refractivity contribution in [1.82, 2.24) is 4.98 Å². The molecule has 1 aromatic carbocycles. The molecule has 0 atom stereocenters. The number of rotatable bonds is 4. The first-order valence-electron chi connectivity index (χ1n) is 7.22. The highest BCUT2D eigenvalue weighted by Crippen LogP contribution is 2.28. The lowest BCUT2D eigenvalue weighted by molar-refractivity contribution is 0.600. The first kappa shape index (κ1) is 16.5. The summed E-state index contributed by atoms with van der Waals surface area (Å²) in [5.74, 6) is 0.385. The van der Waals surface area contributed by atoms with Gasteiger partial charge in [0.25, 0.3) is 0 Å². The predicted octanol–water partition coefficient (Wildman–Crippen LogP) is 3.58. The normalized spacial score (nSPS) is 11.7. The fraction of sp³-hybridized carbons (Fsp3) is 0.353. The summed E-state index contributed by atoms with van der Waals surface area (Å²) in [5, 5.41) is 0. The van der Waals surface area contributed by atoms with E-state index in [0.717, 1.165) is 22.5 Å². The minimum absolute atomic E-state index is 0.385. The van der Waals surface area contributed by atoms with Crippen molar-refractivity contribution in [1.29, 1.82) is 0 Å². The maximum Gasteiger partial charge on any atom is 0.231 e. The van der Waals surface area contributed by atoms with E-state index < -0.39 is 10.0 Å². The fourth-order valence-corrected chi connectivity index (χ4v) is 2.76. The fourth-order valence-electron chi connectivity index (χ4n) is 2.27. The van der Waals surface area contributed by atoms with Gasteiger partial charge in [-0.05, 0) is 36.6 Å². The largest absolute Gasteiger partial charge is 0.274 e. The molecule has 118 valence electrons. The Morgan fingerprint density at radius 2 is 1.82 bits per heavy atom. The zero-order chi connectivity index (χ0) is 16.5. The van der Waals surface area contributed by atoms with Crippen LogP contribution >= 0.6 is 0 Å². The van der Waals surface area contributed by atoms with Crippen LogP contribution in [0.2, 0.25) is 0 Å². The van der Waals surface area contributed by atoms with E-state index in [1.54, 1.807) is 13.1 Å². The van der Waals surface area contributed by atoms with Crippen LogP contribution in [0, 0.1) is 6.92 Å². The summed E-state index contributed by atoms with van der Waals surface area (Å²) in [6.07, 6.45) is 1.20. The molecule has 0 bridgehead atoms. The number of nitrogens with zero attached hydrogens (tertiary/aromatic N) is 2. The van der Waals surface area contributed by atoms with Gasteiger partial charge in [0.1, 0.15) is 0 Å². The molecule has 0 radical (unpaired) electrons. The molecule has 1 aromatic heterocycles. The number of hydrogen-bond donors (Lipinski definition) is 0. The van der Waals surface area contributed by atoms with Gasteiger partial charge in [-0.2, -0.15) is 0 Å². The number of aryl methyl sites for hydroxylation is 1. The van der Waals surface area contributed by atoms with Crippen molar-refractivity contribution in [3.8, 4) is 11.1 Å². The minimum Gasteiger partial charge on any atom is -0.274 e. The van der Waals surface area contributed by atoms with Crippen LogP contribution < -0.4 is 4.31 Å². The highest BCUT2D eigenvalue weighted by molar-refractivity contribution is 7.92. The molecule has 1 heterocycles. The monoisotopic (exact) mass is 318 g/mol. The molecule has 0 aliphatic heterocycles. The molecule has 22 heavy (non-hydrogen) atoms. The summed E-state index contributed by atoms with van der Waals surface area (Å²) < 4.78 is 24.6. The molecule has 5 heteroatoms. The Hall–Kier alpha value is -1.88. The molecular formula is C17H22N2O2S. The molecule has 0 aliphatic carbocycles. The van der Waals surface area contributed by atoms with Crippen molar-refractivity contribution in [2.75, 3.05) is 17.6 Å². The summed E-state index contributed by atoms with van der Waals surface area (Å²) in [6.45, 7) is 6.21. The van der Waals surface area contributed by atoms with Gasteiger partial charge in [-0.15, -0.1) is 0 Å². The van der Waals surface area contributed by atoms with Crippen LogP contribution in [-0.4, -0.2) is 26.7 Å². The Morgan fingerprint density at radius 1 is 1.14 bits per heavy atom. The first-order chi connectivity index (χ1) is 10.2. The van der Waals surface area contributed by atoms with Crippen molar-refractivity contribution in [3.63, 3.8) is 0 Å². The van der Waals surface area contributed by atoms with E-state index in [4.69, 9.17) is 0 Å². The molecule has 2 aromatic rings. The molecular weight excluding hydrogens is 296 g/mol. The zero-order valence-electron chi connectivity index (χ0n) is 13.7. The van der Waals surface area contributed by atoms with Crippen molar-refractivity contribution in [2.24, 2.45) is 0 Å². The Balaban J connectivity index is 2.46. The number of pyridine rings is 1. The van der Waals surface area contributed by atoms with Crippen LogP contribution in [0.15, 0.2) is 36.4 Å². The van der Waals surface area contributed by atoms with Gasteiger partial charge in [0.15, 0.2) is 0 Å². The second kappa shape index (κ2) is 6.08. The second-order valence-corrected chi connectivity index (χ2v) is 7.82. The molecule has 0 spiro atoms. The maximum absolute atomic E-state index is 11.7. The summed E-state index contributed by atoms with van der Waals surface area (Å²) in [5.41, 5.74) is 4.64. The number of sulfonamides is 1. The quantitative estimate of drug-likeness (QED) is 0.866. The topological polar surface area (TPSA) is 50.3 Å². The van der Waals surface area contributed by atoms with Gasteiger partial charge < -0.3 is 0 Å². The van der Waals surface area contributed by atoms with E-state index in [0.29, 0.717) is 11.6 Å². The van der Waals surface area contributed by atoms with Gasteiger partial charge >= 0.3 is 0 Å². The van der Waals surface area contributed by atoms with E-state index in [1.165, 1.54) is 10.6 Å². The van der Waals surface area contributed by atoms with Crippen molar-refractivity contribution < 1.29 is 8.42 Å². The molecule has 0 saturated carbocycles. The predicted molar refractivity (Wildman–Crippen MR) is 91.7 cm³/mol. The average Bonchev–Trinajstić information content (AvgIpc) is 2.45. The molecule has 0 fully saturated rings. The molecule has 0 unspecified atom stereocenters. The Bertz CT molecular complexity index is 783. The Kier molecular flexibility index (Phi) is 4.56. The number of aromatic nitrogens is 1. The van der Waals surface area contributed by atoms with Crippen molar-refractivity contribution in [2.45, 2.75) is 26.7 Å². The number of anilines is 1. The Morgan fingerprint density at radius 3 is 2.36 bits per heavy atom. The van der Waals surface area contributed by atoms with E-state index in [9.17, 15) is 8.42 Å². The highest BCUT2D eigenvalue weighted by Gasteiger charge is 2.13. The van der Waals surface area contributed by atoms with Crippen molar-refractivity contribution in [3.05, 3.63) is 47.8 Å². The van der Waals surface area contributed by atoms with Crippen LogP contribution in [0.3, 0.4) is 0 Å². The van der Waals surface area contributed by atoms with Crippen LogP contribution in [0.5, 0.6) is 0 Å². The summed E-state index contributed by atoms with van der Waals surface area (Å²) in [7, 11) is -1.71. The summed E-state index contributed by atoms with van der Waals surface area (Å²) in [4.78, 5) is 4.64. The lowest BCUT2D eigenvalue weighted by Crippen LogP contribution is -2.24. The van der Waals surface area contributed by atoms with Gasteiger partial charge in [0.05, 0.1) is 11.9 Å². The Labute approximate surface area is 132 Å². The molecule has 0 aliphatic rings. The molecule has 0 N–H and O–H groups in total. The molecule has 2 rings (SSSR count). The maximum atomic E-state index is 11.7. The summed E-state index contributed by atoms with van der Waals surface area (Å²) in [6, 6.07) is 11.6. The number of hydrogen-bond acceptors (Lipinski definition) is 3. The van der Waals surface area contributed by atoms with Gasteiger partial charge in [-0.1, -0.05) is 32.0 Å². The van der Waals surface area contributed by atoms with Crippen LogP contribution in [-0.2, 0) is 10.0 Å². The van der Waals surface area contributed by atoms with E-state index in [2.05, 4.69) is 24.9 Å². The average molecular weight is 318 g/mol. The van der Waals surface area contributed by atoms with Crippen LogP contribution in [0.4, 0.5) is 5.69 Å². The standard InChI is InChI=1S/C17H22N2O2S/c1-12(2)17-10-9-16(13(3)18-17)14-7-6-8-15(11-14)19(4)22(5,20)21/h6-12H,1-5H3. The smallest absolute Gasteiger partial charge is 0.231 e. The molecule has 0 saturated heterocycles. The van der Waals surface area contributed by atoms with Gasteiger partial charge in [0.2, 0.25) is 10.0 Å². The van der Waals surface area contributed by atoms with E-state index in [1.807, 2.05) is 31.2 Å². The molecule has 4 nitrogen and oxygen atoms in total. The minimum atomic E-state index is -3.27. The zero-order valence-corrected chi connectivity index (χ0v) is 14.5. The van der Waals surface area contributed by atoms with Gasteiger partial charge in [-0.25, -0.2) is 8.42 Å². The third kappa shape index (κ3) is 3.47. The third-order valence-corrected chi connectivity index (χ3v) is 4.92.